The van der Waals surface area contributed by atoms with Gasteiger partial charge in [-0.1, -0.05) is 15.9 Å². The first-order valence-electron chi connectivity index (χ1n) is 6.06. The van der Waals surface area contributed by atoms with Crippen molar-refractivity contribution in [3.8, 4) is 0 Å². The Hall–Kier alpha value is -1.43. The molecule has 2 rings (SSSR count). The van der Waals surface area contributed by atoms with E-state index in [4.69, 9.17) is 0 Å². The van der Waals surface area contributed by atoms with Crippen LogP contribution in [0.2, 0.25) is 0 Å². The van der Waals surface area contributed by atoms with Gasteiger partial charge < -0.3 is 4.90 Å². The molecule has 6 heteroatoms. The van der Waals surface area contributed by atoms with Gasteiger partial charge in [0.25, 0.3) is 5.69 Å². The van der Waals surface area contributed by atoms with Crippen molar-refractivity contribution in [2.75, 3.05) is 16.8 Å². The van der Waals surface area contributed by atoms with E-state index in [1.54, 1.807) is 4.90 Å². The first kappa shape index (κ1) is 14.0. The number of benzene rings is 1. The molecular formula is C13H15BrN2O3. The van der Waals surface area contributed by atoms with Gasteiger partial charge >= 0.3 is 0 Å². The lowest BCUT2D eigenvalue weighted by atomic mass is 10.1. The van der Waals surface area contributed by atoms with Gasteiger partial charge in [-0.2, -0.15) is 0 Å². The van der Waals surface area contributed by atoms with Crippen molar-refractivity contribution in [1.29, 1.82) is 0 Å². The lowest BCUT2D eigenvalue weighted by molar-refractivity contribution is -0.384. The molecule has 0 aliphatic carbocycles. The highest BCUT2D eigenvalue weighted by molar-refractivity contribution is 9.09. The number of alkyl halides is 1. The summed E-state index contributed by atoms with van der Waals surface area (Å²) in [6, 6.07) is 3.05. The van der Waals surface area contributed by atoms with Gasteiger partial charge in [0.2, 0.25) is 5.91 Å². The van der Waals surface area contributed by atoms with Gasteiger partial charge in [-0.25, -0.2) is 0 Å². The van der Waals surface area contributed by atoms with E-state index in [0.29, 0.717) is 18.9 Å². The predicted octanol–water partition coefficient (Wildman–Crippen LogP) is 2.96. The van der Waals surface area contributed by atoms with Crippen LogP contribution in [0.3, 0.4) is 0 Å². The third-order valence-electron chi connectivity index (χ3n) is 3.38. The number of hydrogen-bond acceptors (Lipinski definition) is 3. The molecule has 5 nitrogen and oxygen atoms in total. The number of non-ortho nitro benzene ring substituents is 1. The van der Waals surface area contributed by atoms with Crippen LogP contribution in [-0.4, -0.2) is 22.7 Å². The number of halogens is 1. The third kappa shape index (κ3) is 2.63. The van der Waals surface area contributed by atoms with E-state index < -0.39 is 4.92 Å². The summed E-state index contributed by atoms with van der Waals surface area (Å²) in [5.41, 5.74) is 2.44. The zero-order chi connectivity index (χ0) is 14.2. The number of nitro benzene ring substituents is 1. The zero-order valence-electron chi connectivity index (χ0n) is 10.9. The van der Waals surface area contributed by atoms with E-state index in [1.165, 1.54) is 12.1 Å². The normalized spacial score (nSPS) is 19.0. The zero-order valence-corrected chi connectivity index (χ0v) is 12.4. The molecular weight excluding hydrogens is 312 g/mol. The second-order valence-electron chi connectivity index (χ2n) is 4.91. The molecule has 102 valence electrons. The highest BCUT2D eigenvalue weighted by Crippen LogP contribution is 2.33. The summed E-state index contributed by atoms with van der Waals surface area (Å²) in [5.74, 6) is 0.394. The summed E-state index contributed by atoms with van der Waals surface area (Å²) in [5, 5.41) is 11.6. The van der Waals surface area contributed by atoms with E-state index in [-0.39, 0.29) is 11.6 Å². The molecule has 0 saturated carbocycles. The lowest BCUT2D eigenvalue weighted by Gasteiger charge is -2.21. The Bertz CT molecular complexity index is 522. The van der Waals surface area contributed by atoms with Crippen molar-refractivity contribution in [3.63, 3.8) is 0 Å². The van der Waals surface area contributed by atoms with Crippen molar-refractivity contribution in [2.24, 2.45) is 5.92 Å². The number of amides is 1. The van der Waals surface area contributed by atoms with Crippen LogP contribution in [0, 0.1) is 29.9 Å². The Balaban J connectivity index is 2.41. The molecule has 19 heavy (non-hydrogen) atoms. The molecule has 0 N–H and O–H groups in total. The Kier molecular flexibility index (Phi) is 3.89. The number of carbonyl (C=O) groups excluding carboxylic acids is 1. The van der Waals surface area contributed by atoms with Crippen molar-refractivity contribution in [3.05, 3.63) is 33.4 Å². The molecule has 1 heterocycles. The van der Waals surface area contributed by atoms with Crippen LogP contribution in [-0.2, 0) is 4.79 Å². The van der Waals surface area contributed by atoms with Crippen LogP contribution in [0.1, 0.15) is 17.5 Å². The minimum atomic E-state index is -0.406. The van der Waals surface area contributed by atoms with Crippen LogP contribution >= 0.6 is 15.9 Å². The fourth-order valence-electron chi connectivity index (χ4n) is 2.57. The quantitative estimate of drug-likeness (QED) is 0.487. The molecule has 0 bridgehead atoms. The van der Waals surface area contributed by atoms with Gasteiger partial charge in [-0.15, -0.1) is 0 Å². The van der Waals surface area contributed by atoms with Gasteiger partial charge in [0.1, 0.15) is 0 Å². The molecule has 1 unspecified atom stereocenters. The van der Waals surface area contributed by atoms with Crippen molar-refractivity contribution in [1.82, 2.24) is 0 Å². The van der Waals surface area contributed by atoms with Crippen LogP contribution in [0.5, 0.6) is 0 Å². The van der Waals surface area contributed by atoms with Crippen molar-refractivity contribution in [2.45, 2.75) is 20.3 Å². The first-order valence-corrected chi connectivity index (χ1v) is 7.18. The topological polar surface area (TPSA) is 63.5 Å². The second-order valence-corrected chi connectivity index (χ2v) is 5.56. The maximum atomic E-state index is 12.0. The van der Waals surface area contributed by atoms with E-state index in [1.807, 2.05) is 13.8 Å². The van der Waals surface area contributed by atoms with Gasteiger partial charge in [0.15, 0.2) is 0 Å². The maximum Gasteiger partial charge on any atom is 0.270 e. The highest BCUT2D eigenvalue weighted by atomic mass is 79.9. The summed E-state index contributed by atoms with van der Waals surface area (Å²) in [6.45, 7) is 4.29. The monoisotopic (exact) mass is 326 g/mol. The predicted molar refractivity (Wildman–Crippen MR) is 76.8 cm³/mol. The molecule has 1 aliphatic heterocycles. The summed E-state index contributed by atoms with van der Waals surface area (Å²) in [4.78, 5) is 24.2. The van der Waals surface area contributed by atoms with Gasteiger partial charge in [0.05, 0.1) is 4.92 Å². The minimum absolute atomic E-state index is 0.0717. The SMILES string of the molecule is Cc1cc([N+](=O)[O-])cc(C)c1N1CC(CBr)CC1=O. The number of rotatable bonds is 3. The number of nitrogens with zero attached hydrogens (tertiary/aromatic N) is 2. The van der Waals surface area contributed by atoms with Gasteiger partial charge in [0, 0.05) is 36.1 Å². The smallest absolute Gasteiger partial charge is 0.270 e. The average molecular weight is 327 g/mol. The van der Waals surface area contributed by atoms with E-state index >= 15 is 0 Å². The van der Waals surface area contributed by atoms with E-state index in [2.05, 4.69) is 15.9 Å². The Morgan fingerprint density at radius 3 is 2.42 bits per heavy atom. The third-order valence-corrected chi connectivity index (χ3v) is 4.30. The fourth-order valence-corrected chi connectivity index (χ4v) is 3.00. The highest BCUT2D eigenvalue weighted by Gasteiger charge is 2.32. The van der Waals surface area contributed by atoms with E-state index in [9.17, 15) is 14.9 Å². The number of anilines is 1. The average Bonchev–Trinajstić information content (AvgIpc) is 2.70. The van der Waals surface area contributed by atoms with Crippen molar-refractivity contribution < 1.29 is 9.72 Å². The first-order chi connectivity index (χ1) is 8.93. The fraction of sp³-hybridized carbons (Fsp3) is 0.462. The Labute approximate surface area is 119 Å². The largest absolute Gasteiger partial charge is 0.312 e. The molecule has 1 amide bonds. The van der Waals surface area contributed by atoms with Crippen LogP contribution in [0.4, 0.5) is 11.4 Å². The molecule has 0 spiro atoms. The van der Waals surface area contributed by atoms with Crippen LogP contribution in [0.25, 0.3) is 0 Å². The standard InChI is InChI=1S/C13H15BrN2O3/c1-8-3-11(16(18)19)4-9(2)13(8)15-7-10(6-14)5-12(15)17/h3-4,10H,5-7H2,1-2H3. The van der Waals surface area contributed by atoms with Gasteiger partial charge in [-0.05, 0) is 30.9 Å². The summed E-state index contributed by atoms with van der Waals surface area (Å²) >= 11 is 3.40. The second kappa shape index (κ2) is 5.28. The molecule has 0 aromatic heterocycles. The molecule has 1 fully saturated rings. The van der Waals surface area contributed by atoms with Crippen LogP contribution in [0.15, 0.2) is 12.1 Å². The maximum absolute atomic E-state index is 12.0. The lowest BCUT2D eigenvalue weighted by Crippen LogP contribution is -2.26. The summed E-state index contributed by atoms with van der Waals surface area (Å²) in [7, 11) is 0. The Morgan fingerprint density at radius 1 is 1.42 bits per heavy atom. The molecule has 1 aromatic rings. The number of aryl methyl sites for hydroxylation is 2. The molecule has 1 saturated heterocycles. The number of nitro groups is 1. The van der Waals surface area contributed by atoms with Crippen LogP contribution < -0.4 is 4.90 Å². The summed E-state index contributed by atoms with van der Waals surface area (Å²) in [6.07, 6.45) is 0.529. The molecule has 1 aromatic carbocycles. The van der Waals surface area contributed by atoms with Crippen molar-refractivity contribution >= 4 is 33.2 Å². The molecule has 1 aliphatic rings. The molecule has 1 atom stereocenters. The number of carbonyl (C=O) groups is 1. The van der Waals surface area contributed by atoms with Gasteiger partial charge in [-0.3, -0.25) is 14.9 Å². The summed E-state index contributed by atoms with van der Waals surface area (Å²) < 4.78 is 0. The minimum Gasteiger partial charge on any atom is -0.312 e. The van der Waals surface area contributed by atoms with E-state index in [0.717, 1.165) is 22.1 Å². The molecule has 0 radical (unpaired) electrons. The Morgan fingerprint density at radius 2 is 2.00 bits per heavy atom. The number of hydrogen-bond donors (Lipinski definition) is 0.